The Labute approximate surface area is 118 Å². The number of rotatable bonds is 4. The van der Waals surface area contributed by atoms with E-state index in [1.165, 1.54) is 18.9 Å². The molecule has 2 aliphatic rings. The van der Waals surface area contributed by atoms with Crippen molar-refractivity contribution in [1.29, 1.82) is 0 Å². The summed E-state index contributed by atoms with van der Waals surface area (Å²) >= 11 is 0. The van der Waals surface area contributed by atoms with Gasteiger partial charge in [-0.1, -0.05) is 18.2 Å². The molecule has 1 N–H and O–H groups in total. The maximum Gasteiger partial charge on any atom is 0.238 e. The fraction of sp³-hybridized carbons (Fsp3) is 0.533. The molecule has 108 valence electrons. The molecule has 0 saturated carbocycles. The minimum absolute atomic E-state index is 0.0532. The van der Waals surface area contributed by atoms with Crippen LogP contribution in [-0.4, -0.2) is 48.4 Å². The Morgan fingerprint density at radius 2 is 1.95 bits per heavy atom. The zero-order chi connectivity index (χ0) is 13.9. The average Bonchev–Trinajstić information content (AvgIpc) is 3.07. The molecule has 3 rings (SSSR count). The number of nitrogens with zero attached hydrogens (tertiary/aromatic N) is 2. The molecule has 1 atom stereocenters. The molecule has 4 nitrogen and oxygen atoms in total. The maximum absolute atomic E-state index is 13.9. The van der Waals surface area contributed by atoms with Gasteiger partial charge in [-0.3, -0.25) is 10.1 Å². The Kier molecular flexibility index (Phi) is 3.98. The zero-order valence-electron chi connectivity index (χ0n) is 11.5. The third kappa shape index (κ3) is 2.69. The van der Waals surface area contributed by atoms with Crippen LogP contribution in [0.25, 0.3) is 0 Å². The Hall–Kier alpha value is -1.46. The lowest BCUT2D eigenvalue weighted by molar-refractivity contribution is -0.128. The van der Waals surface area contributed by atoms with E-state index in [2.05, 4.69) is 10.2 Å². The van der Waals surface area contributed by atoms with E-state index < -0.39 is 0 Å². The summed E-state index contributed by atoms with van der Waals surface area (Å²) in [7, 11) is 0. The number of nitrogens with one attached hydrogen (secondary N) is 1. The summed E-state index contributed by atoms with van der Waals surface area (Å²) in [5.74, 6) is -0.205. The molecular formula is C15H20FN3O. The highest BCUT2D eigenvalue weighted by molar-refractivity contribution is 5.81. The molecule has 20 heavy (non-hydrogen) atoms. The first-order valence-electron chi connectivity index (χ1n) is 7.25. The van der Waals surface area contributed by atoms with Crippen LogP contribution < -0.4 is 5.32 Å². The van der Waals surface area contributed by atoms with Crippen molar-refractivity contribution in [2.75, 3.05) is 32.7 Å². The van der Waals surface area contributed by atoms with Crippen molar-refractivity contribution in [2.24, 2.45) is 0 Å². The van der Waals surface area contributed by atoms with Crippen LogP contribution in [0.1, 0.15) is 24.6 Å². The second kappa shape index (κ2) is 5.89. The SMILES string of the molecule is O=C1CNC(c2ccccc2F)N1CCN1CCCC1. The van der Waals surface area contributed by atoms with Crippen molar-refractivity contribution < 1.29 is 9.18 Å². The van der Waals surface area contributed by atoms with Crippen LogP contribution in [0, 0.1) is 5.82 Å². The van der Waals surface area contributed by atoms with Crippen LogP contribution in [0.15, 0.2) is 24.3 Å². The molecule has 2 saturated heterocycles. The summed E-state index contributed by atoms with van der Waals surface area (Å²) in [5, 5.41) is 3.11. The minimum atomic E-state index is -0.327. The van der Waals surface area contributed by atoms with Crippen LogP contribution in [-0.2, 0) is 4.79 Å². The number of amides is 1. The summed E-state index contributed by atoms with van der Waals surface area (Å²) < 4.78 is 13.9. The van der Waals surface area contributed by atoms with Gasteiger partial charge in [-0.25, -0.2) is 4.39 Å². The van der Waals surface area contributed by atoms with Crippen LogP contribution in [0.2, 0.25) is 0 Å². The summed E-state index contributed by atoms with van der Waals surface area (Å²) in [6.07, 6.45) is 2.15. The van der Waals surface area contributed by atoms with Gasteiger partial charge in [-0.2, -0.15) is 0 Å². The van der Waals surface area contributed by atoms with E-state index in [-0.39, 0.29) is 17.9 Å². The highest BCUT2D eigenvalue weighted by Crippen LogP contribution is 2.24. The molecule has 1 amide bonds. The third-order valence-electron chi connectivity index (χ3n) is 4.13. The van der Waals surface area contributed by atoms with Gasteiger partial charge < -0.3 is 9.80 Å². The number of carbonyl (C=O) groups is 1. The summed E-state index contributed by atoms with van der Waals surface area (Å²) in [6, 6.07) is 6.67. The normalized spacial score (nSPS) is 23.8. The predicted molar refractivity (Wildman–Crippen MR) is 74.5 cm³/mol. The fourth-order valence-electron chi connectivity index (χ4n) is 3.02. The number of hydrogen-bond acceptors (Lipinski definition) is 3. The maximum atomic E-state index is 13.9. The second-order valence-corrected chi connectivity index (χ2v) is 5.44. The summed E-state index contributed by atoms with van der Waals surface area (Å²) in [6.45, 7) is 4.04. The van der Waals surface area contributed by atoms with E-state index in [4.69, 9.17) is 0 Å². The molecule has 0 bridgehead atoms. The summed E-state index contributed by atoms with van der Waals surface area (Å²) in [5.41, 5.74) is 0.555. The van der Waals surface area contributed by atoms with E-state index in [1.807, 2.05) is 6.07 Å². The topological polar surface area (TPSA) is 35.6 Å². The highest BCUT2D eigenvalue weighted by Gasteiger charge is 2.33. The molecule has 2 aliphatic heterocycles. The standard InChI is InChI=1S/C15H20FN3O/c16-13-6-2-1-5-12(13)15-17-11-14(20)19(15)10-9-18-7-3-4-8-18/h1-2,5-6,15,17H,3-4,7-11H2. The monoisotopic (exact) mass is 277 g/mol. The third-order valence-corrected chi connectivity index (χ3v) is 4.13. The van der Waals surface area contributed by atoms with Crippen molar-refractivity contribution in [3.63, 3.8) is 0 Å². The van der Waals surface area contributed by atoms with Crippen molar-refractivity contribution in [2.45, 2.75) is 19.0 Å². The Morgan fingerprint density at radius 3 is 2.70 bits per heavy atom. The molecular weight excluding hydrogens is 257 g/mol. The van der Waals surface area contributed by atoms with E-state index in [1.54, 1.807) is 17.0 Å². The lowest BCUT2D eigenvalue weighted by Gasteiger charge is -2.27. The van der Waals surface area contributed by atoms with Gasteiger partial charge in [0.05, 0.1) is 6.54 Å². The fourth-order valence-corrected chi connectivity index (χ4v) is 3.02. The highest BCUT2D eigenvalue weighted by atomic mass is 19.1. The molecule has 1 unspecified atom stereocenters. The van der Waals surface area contributed by atoms with E-state index >= 15 is 0 Å². The summed E-state index contributed by atoms with van der Waals surface area (Å²) in [4.78, 5) is 16.1. The van der Waals surface area contributed by atoms with Crippen LogP contribution in [0.3, 0.4) is 0 Å². The Morgan fingerprint density at radius 1 is 1.20 bits per heavy atom. The Balaban J connectivity index is 1.70. The van der Waals surface area contributed by atoms with Gasteiger partial charge >= 0.3 is 0 Å². The van der Waals surface area contributed by atoms with Crippen LogP contribution in [0.4, 0.5) is 4.39 Å². The first kappa shape index (κ1) is 13.5. The van der Waals surface area contributed by atoms with Gasteiger partial charge in [0, 0.05) is 18.7 Å². The average molecular weight is 277 g/mol. The molecule has 2 fully saturated rings. The van der Waals surface area contributed by atoms with E-state index in [0.29, 0.717) is 18.7 Å². The molecule has 0 aliphatic carbocycles. The molecule has 0 aromatic heterocycles. The number of benzene rings is 1. The van der Waals surface area contributed by atoms with Crippen LogP contribution >= 0.6 is 0 Å². The number of carbonyl (C=O) groups excluding carboxylic acids is 1. The van der Waals surface area contributed by atoms with Crippen molar-refractivity contribution in [3.05, 3.63) is 35.6 Å². The van der Waals surface area contributed by atoms with Gasteiger partial charge in [-0.05, 0) is 32.0 Å². The molecule has 2 heterocycles. The zero-order valence-corrected chi connectivity index (χ0v) is 11.5. The number of halogens is 1. The lowest BCUT2D eigenvalue weighted by atomic mass is 10.1. The molecule has 5 heteroatoms. The minimum Gasteiger partial charge on any atom is -0.320 e. The van der Waals surface area contributed by atoms with Gasteiger partial charge in [-0.15, -0.1) is 0 Å². The van der Waals surface area contributed by atoms with Gasteiger partial charge in [0.2, 0.25) is 5.91 Å². The predicted octanol–water partition coefficient (Wildman–Crippen LogP) is 1.35. The molecule has 0 radical (unpaired) electrons. The first-order valence-corrected chi connectivity index (χ1v) is 7.25. The second-order valence-electron chi connectivity index (χ2n) is 5.44. The van der Waals surface area contributed by atoms with Gasteiger partial charge in [0.1, 0.15) is 12.0 Å². The van der Waals surface area contributed by atoms with E-state index in [0.717, 1.165) is 19.6 Å². The first-order chi connectivity index (χ1) is 9.75. The molecule has 1 aromatic carbocycles. The van der Waals surface area contributed by atoms with Crippen molar-refractivity contribution >= 4 is 5.91 Å². The lowest BCUT2D eigenvalue weighted by Crippen LogP contribution is -2.37. The Bertz CT molecular complexity index is 488. The van der Waals surface area contributed by atoms with E-state index in [9.17, 15) is 9.18 Å². The number of hydrogen-bond donors (Lipinski definition) is 1. The quantitative estimate of drug-likeness (QED) is 0.902. The van der Waals surface area contributed by atoms with Crippen molar-refractivity contribution in [1.82, 2.24) is 15.1 Å². The number of likely N-dealkylation sites (tertiary alicyclic amines) is 1. The smallest absolute Gasteiger partial charge is 0.238 e. The molecule has 1 aromatic rings. The van der Waals surface area contributed by atoms with Crippen LogP contribution in [0.5, 0.6) is 0 Å². The largest absolute Gasteiger partial charge is 0.320 e. The van der Waals surface area contributed by atoms with Gasteiger partial charge in [0.15, 0.2) is 0 Å². The molecule has 0 spiro atoms. The van der Waals surface area contributed by atoms with Crippen molar-refractivity contribution in [3.8, 4) is 0 Å². The van der Waals surface area contributed by atoms with Gasteiger partial charge in [0.25, 0.3) is 0 Å².